The minimum Gasteiger partial charge on any atom is -0.377 e. The Hall–Kier alpha value is -0.523. The average molecular weight is 247 g/mol. The van der Waals surface area contributed by atoms with Gasteiger partial charge in [0.25, 0.3) is 0 Å². The van der Waals surface area contributed by atoms with E-state index in [-0.39, 0.29) is 6.04 Å². The molecule has 0 fully saturated rings. The zero-order valence-electron chi connectivity index (χ0n) is 10.5. The highest BCUT2D eigenvalue weighted by atomic mass is 28.4. The maximum atomic E-state index is 10.2. The molecule has 0 bridgehead atoms. The van der Waals surface area contributed by atoms with Gasteiger partial charge in [-0.2, -0.15) is 0 Å². The van der Waals surface area contributed by atoms with Crippen LogP contribution in [0.15, 0.2) is 4.99 Å². The molecule has 0 aliphatic carbocycles. The van der Waals surface area contributed by atoms with Crippen LogP contribution in [0.4, 0.5) is 0 Å². The Morgan fingerprint density at radius 2 is 1.75 bits per heavy atom. The normalized spacial score (nSPS) is 13.2. The van der Waals surface area contributed by atoms with Crippen LogP contribution in [0.2, 0.25) is 6.04 Å². The Morgan fingerprint density at radius 3 is 2.12 bits per heavy atom. The van der Waals surface area contributed by atoms with E-state index in [0.29, 0.717) is 6.04 Å². The molecule has 0 aromatic carbocycles. The number of rotatable bonds is 9. The summed E-state index contributed by atoms with van der Waals surface area (Å²) in [6.45, 7) is 2.06. The van der Waals surface area contributed by atoms with Crippen LogP contribution >= 0.6 is 0 Å². The summed E-state index contributed by atoms with van der Waals surface area (Å²) in [7, 11) is 2.21. The highest BCUT2D eigenvalue weighted by molar-refractivity contribution is 6.60. The van der Waals surface area contributed by atoms with Crippen molar-refractivity contribution in [3.05, 3.63) is 0 Å². The predicted octanol–water partition coefficient (Wildman–Crippen LogP) is 1.76. The van der Waals surface area contributed by atoms with E-state index in [2.05, 4.69) is 11.9 Å². The summed E-state index contributed by atoms with van der Waals surface area (Å²) in [5.74, 6) is 0. The summed E-state index contributed by atoms with van der Waals surface area (Å²) in [6.07, 6.45) is 4.19. The van der Waals surface area contributed by atoms with E-state index in [1.54, 1.807) is 27.4 Å². The van der Waals surface area contributed by atoms with Crippen molar-refractivity contribution in [1.82, 2.24) is 0 Å². The van der Waals surface area contributed by atoms with E-state index in [1.165, 1.54) is 0 Å². The topological polar surface area (TPSA) is 57.1 Å². The van der Waals surface area contributed by atoms with Crippen molar-refractivity contribution in [2.45, 2.75) is 38.3 Å². The third kappa shape index (κ3) is 5.00. The SMILES string of the molecule is CCCC(CC[Si](OC)(OC)OC)N=C=O. The molecule has 0 rings (SSSR count). The van der Waals surface area contributed by atoms with E-state index in [0.717, 1.165) is 19.3 Å². The van der Waals surface area contributed by atoms with Crippen molar-refractivity contribution in [1.29, 1.82) is 0 Å². The molecule has 0 N–H and O–H groups in total. The average Bonchev–Trinajstić information content (AvgIpc) is 2.32. The quantitative estimate of drug-likeness (QED) is 0.354. The van der Waals surface area contributed by atoms with E-state index < -0.39 is 8.80 Å². The minimum atomic E-state index is -2.53. The molecule has 1 atom stereocenters. The zero-order chi connectivity index (χ0) is 12.4. The number of hydrogen-bond acceptors (Lipinski definition) is 5. The maximum absolute atomic E-state index is 10.2. The number of nitrogens with zero attached hydrogens (tertiary/aromatic N) is 1. The van der Waals surface area contributed by atoms with Gasteiger partial charge >= 0.3 is 8.80 Å². The number of carbonyl (C=O) groups excluding carboxylic acids is 1. The van der Waals surface area contributed by atoms with E-state index >= 15 is 0 Å². The van der Waals surface area contributed by atoms with Crippen molar-refractivity contribution in [2.75, 3.05) is 21.3 Å². The molecule has 0 spiro atoms. The molecule has 6 heteroatoms. The molecule has 0 aromatic rings. The lowest BCUT2D eigenvalue weighted by atomic mass is 10.1. The summed E-state index contributed by atoms with van der Waals surface area (Å²) in [5.41, 5.74) is 0. The Morgan fingerprint density at radius 1 is 1.19 bits per heavy atom. The van der Waals surface area contributed by atoms with Crippen LogP contribution in [0.1, 0.15) is 26.2 Å². The van der Waals surface area contributed by atoms with Gasteiger partial charge < -0.3 is 13.3 Å². The second kappa shape index (κ2) is 8.61. The first kappa shape index (κ1) is 15.5. The number of isocyanates is 1. The fourth-order valence-corrected chi connectivity index (χ4v) is 3.38. The van der Waals surface area contributed by atoms with Crippen LogP contribution in [0, 0.1) is 0 Å². The van der Waals surface area contributed by atoms with Crippen molar-refractivity contribution >= 4 is 14.9 Å². The smallest absolute Gasteiger partial charge is 0.377 e. The lowest BCUT2D eigenvalue weighted by Crippen LogP contribution is -2.43. The molecule has 5 nitrogen and oxygen atoms in total. The molecule has 0 amide bonds. The monoisotopic (exact) mass is 247 g/mol. The Labute approximate surface area is 98.2 Å². The molecule has 1 unspecified atom stereocenters. The molecule has 0 aromatic heterocycles. The Bertz CT molecular complexity index is 219. The molecule has 0 aliphatic heterocycles. The second-order valence-electron chi connectivity index (χ2n) is 3.50. The van der Waals surface area contributed by atoms with Crippen molar-refractivity contribution < 1.29 is 18.1 Å². The van der Waals surface area contributed by atoms with Gasteiger partial charge in [0.1, 0.15) is 0 Å². The van der Waals surface area contributed by atoms with Gasteiger partial charge in [-0.05, 0) is 12.8 Å². The van der Waals surface area contributed by atoms with Gasteiger partial charge in [0.05, 0.1) is 6.04 Å². The van der Waals surface area contributed by atoms with Crippen LogP contribution in [0.5, 0.6) is 0 Å². The maximum Gasteiger partial charge on any atom is 0.500 e. The van der Waals surface area contributed by atoms with Crippen LogP contribution in [0.25, 0.3) is 0 Å². The van der Waals surface area contributed by atoms with Crippen molar-refractivity contribution in [2.24, 2.45) is 4.99 Å². The Kier molecular flexibility index (Phi) is 8.33. The van der Waals surface area contributed by atoms with Gasteiger partial charge in [-0.1, -0.05) is 13.3 Å². The molecule has 0 saturated heterocycles. The molecule has 0 saturated carbocycles. The first-order chi connectivity index (χ1) is 7.67. The first-order valence-corrected chi connectivity index (χ1v) is 7.33. The zero-order valence-corrected chi connectivity index (χ0v) is 11.5. The summed E-state index contributed by atoms with van der Waals surface area (Å²) in [6, 6.07) is 0.654. The van der Waals surface area contributed by atoms with Gasteiger partial charge in [0.15, 0.2) is 0 Å². The van der Waals surface area contributed by atoms with Crippen LogP contribution in [-0.4, -0.2) is 42.3 Å². The minimum absolute atomic E-state index is 0.00479. The first-order valence-electron chi connectivity index (χ1n) is 5.40. The third-order valence-electron chi connectivity index (χ3n) is 2.57. The van der Waals surface area contributed by atoms with Crippen molar-refractivity contribution in [3.8, 4) is 0 Å². The molecule has 0 heterocycles. The lowest BCUT2D eigenvalue weighted by molar-refractivity contribution is 0.122. The molecule has 0 radical (unpaired) electrons. The highest BCUT2D eigenvalue weighted by Gasteiger charge is 2.37. The van der Waals surface area contributed by atoms with Crippen molar-refractivity contribution in [3.63, 3.8) is 0 Å². The van der Waals surface area contributed by atoms with Gasteiger partial charge in [0, 0.05) is 27.4 Å². The summed E-state index contributed by atoms with van der Waals surface area (Å²) >= 11 is 0. The standard InChI is InChI=1S/C10H21NO4Si/c1-5-6-10(11-9-12)7-8-16(13-2,14-3)15-4/h10H,5-8H2,1-4H3. The van der Waals surface area contributed by atoms with Crippen LogP contribution < -0.4 is 0 Å². The second-order valence-corrected chi connectivity index (χ2v) is 6.59. The van der Waals surface area contributed by atoms with E-state index in [9.17, 15) is 4.79 Å². The molecule has 94 valence electrons. The van der Waals surface area contributed by atoms with Gasteiger partial charge in [-0.15, -0.1) is 0 Å². The van der Waals surface area contributed by atoms with Gasteiger partial charge in [0.2, 0.25) is 6.08 Å². The van der Waals surface area contributed by atoms with Crippen LogP contribution in [0.3, 0.4) is 0 Å². The van der Waals surface area contributed by atoms with E-state index in [1.807, 2.05) is 0 Å². The number of aliphatic imine (C=N–C) groups is 1. The fraction of sp³-hybridized carbons (Fsp3) is 0.900. The van der Waals surface area contributed by atoms with E-state index in [4.69, 9.17) is 13.3 Å². The summed E-state index contributed by atoms with van der Waals surface area (Å²) in [5, 5.41) is 0. The van der Waals surface area contributed by atoms with Crippen LogP contribution in [-0.2, 0) is 18.1 Å². The molecular weight excluding hydrogens is 226 g/mol. The summed E-state index contributed by atoms with van der Waals surface area (Å²) in [4.78, 5) is 14.0. The molecule has 16 heavy (non-hydrogen) atoms. The largest absolute Gasteiger partial charge is 0.500 e. The molecule has 0 aliphatic rings. The third-order valence-corrected chi connectivity index (χ3v) is 5.34. The predicted molar refractivity (Wildman–Crippen MR) is 63.0 cm³/mol. The molecular formula is C10H21NO4Si. The fourth-order valence-electron chi connectivity index (χ4n) is 1.58. The Balaban J connectivity index is 4.30. The lowest BCUT2D eigenvalue weighted by Gasteiger charge is -2.25. The number of hydrogen-bond donors (Lipinski definition) is 0. The van der Waals surface area contributed by atoms with Gasteiger partial charge in [-0.25, -0.2) is 9.79 Å². The highest BCUT2D eigenvalue weighted by Crippen LogP contribution is 2.19. The van der Waals surface area contributed by atoms with Gasteiger partial charge in [-0.3, -0.25) is 0 Å². The summed E-state index contributed by atoms with van der Waals surface area (Å²) < 4.78 is 15.9.